The molecule has 0 bridgehead atoms. The number of amides is 1. The Bertz CT molecular complexity index is 760. The standard InChI is InChI=1S/C17H13NO3/c1-18-15-5-3-2-4-13(15)14(16(18)19)10-11-6-8-12(9-7-11)17(20)21/h2-10H,1H3,(H,20,21)/p-1/b14-10-. The predicted molar refractivity (Wildman–Crippen MR) is 78.5 cm³/mol. The quantitative estimate of drug-likeness (QED) is 0.783. The average Bonchev–Trinajstić information content (AvgIpc) is 2.73. The minimum Gasteiger partial charge on any atom is -0.545 e. The Kier molecular flexibility index (Phi) is 3.06. The number of nitrogens with zero attached hydrogens (tertiary/aromatic N) is 1. The number of hydrogen-bond acceptors (Lipinski definition) is 3. The number of hydrogen-bond donors (Lipinski definition) is 0. The number of para-hydroxylation sites is 1. The molecular weight excluding hydrogens is 266 g/mol. The number of anilines is 1. The fourth-order valence-electron chi connectivity index (χ4n) is 2.42. The van der Waals surface area contributed by atoms with Gasteiger partial charge in [-0.1, -0.05) is 42.5 Å². The molecule has 4 nitrogen and oxygen atoms in total. The molecule has 2 aromatic rings. The van der Waals surface area contributed by atoms with E-state index in [1.165, 1.54) is 12.1 Å². The lowest BCUT2D eigenvalue weighted by Gasteiger charge is -2.08. The van der Waals surface area contributed by atoms with E-state index in [4.69, 9.17) is 0 Å². The van der Waals surface area contributed by atoms with Crippen molar-refractivity contribution in [3.05, 3.63) is 65.2 Å². The summed E-state index contributed by atoms with van der Waals surface area (Å²) in [6.45, 7) is 0. The third kappa shape index (κ3) is 2.21. The number of rotatable bonds is 2. The highest BCUT2D eigenvalue weighted by Gasteiger charge is 2.28. The van der Waals surface area contributed by atoms with Crippen LogP contribution in [0.15, 0.2) is 48.5 Å². The second-order valence-corrected chi connectivity index (χ2v) is 4.85. The molecule has 3 rings (SSSR count). The molecule has 0 aromatic heterocycles. The Balaban J connectivity index is 2.03. The molecule has 0 spiro atoms. The molecule has 0 fully saturated rings. The number of benzene rings is 2. The normalized spacial score (nSPS) is 15.4. The van der Waals surface area contributed by atoms with Crippen molar-refractivity contribution in [2.75, 3.05) is 11.9 Å². The van der Waals surface area contributed by atoms with Gasteiger partial charge < -0.3 is 14.8 Å². The summed E-state index contributed by atoms with van der Waals surface area (Å²) in [4.78, 5) is 24.6. The van der Waals surface area contributed by atoms with Crippen LogP contribution in [0.2, 0.25) is 0 Å². The lowest BCUT2D eigenvalue weighted by atomic mass is 10.0. The van der Waals surface area contributed by atoms with Gasteiger partial charge in [-0.25, -0.2) is 0 Å². The number of carboxylic acids is 1. The minimum atomic E-state index is -1.21. The Morgan fingerprint density at radius 2 is 1.76 bits per heavy atom. The van der Waals surface area contributed by atoms with Crippen molar-refractivity contribution in [3.63, 3.8) is 0 Å². The zero-order chi connectivity index (χ0) is 15.0. The first kappa shape index (κ1) is 13.1. The number of fused-ring (bicyclic) bond motifs is 1. The van der Waals surface area contributed by atoms with Gasteiger partial charge in [-0.2, -0.15) is 0 Å². The monoisotopic (exact) mass is 278 g/mol. The van der Waals surface area contributed by atoms with Crippen LogP contribution in [0.1, 0.15) is 21.5 Å². The van der Waals surface area contributed by atoms with Crippen molar-refractivity contribution < 1.29 is 14.7 Å². The molecule has 2 aromatic carbocycles. The van der Waals surface area contributed by atoms with Crippen molar-refractivity contribution >= 4 is 29.2 Å². The van der Waals surface area contributed by atoms with E-state index in [1.54, 1.807) is 30.2 Å². The third-order valence-electron chi connectivity index (χ3n) is 3.55. The van der Waals surface area contributed by atoms with Gasteiger partial charge >= 0.3 is 0 Å². The van der Waals surface area contributed by atoms with Gasteiger partial charge in [0.15, 0.2) is 0 Å². The van der Waals surface area contributed by atoms with Gasteiger partial charge in [-0.15, -0.1) is 0 Å². The van der Waals surface area contributed by atoms with E-state index in [2.05, 4.69) is 0 Å². The van der Waals surface area contributed by atoms with E-state index >= 15 is 0 Å². The summed E-state index contributed by atoms with van der Waals surface area (Å²) in [6.07, 6.45) is 1.77. The molecule has 1 aliphatic rings. The Morgan fingerprint density at radius 3 is 2.43 bits per heavy atom. The number of likely N-dealkylation sites (N-methyl/N-ethyl adjacent to an activating group) is 1. The topological polar surface area (TPSA) is 60.4 Å². The zero-order valence-electron chi connectivity index (χ0n) is 11.4. The van der Waals surface area contributed by atoms with Crippen LogP contribution in [-0.4, -0.2) is 18.9 Å². The minimum absolute atomic E-state index is 0.0693. The van der Waals surface area contributed by atoms with E-state index in [9.17, 15) is 14.7 Å². The highest BCUT2D eigenvalue weighted by Crippen LogP contribution is 2.36. The molecule has 1 aliphatic heterocycles. The van der Waals surface area contributed by atoms with Crippen LogP contribution in [0.3, 0.4) is 0 Å². The summed E-state index contributed by atoms with van der Waals surface area (Å²) >= 11 is 0. The Labute approximate surface area is 121 Å². The van der Waals surface area contributed by atoms with Gasteiger partial charge in [0.25, 0.3) is 5.91 Å². The maximum absolute atomic E-state index is 12.3. The number of aromatic carboxylic acids is 1. The van der Waals surface area contributed by atoms with Gasteiger partial charge in [0.05, 0.1) is 11.7 Å². The van der Waals surface area contributed by atoms with Crippen LogP contribution >= 0.6 is 0 Å². The molecule has 0 saturated heterocycles. The SMILES string of the molecule is CN1C(=O)/C(=C\c2ccc(C(=O)[O-])cc2)c2ccccc21. The molecule has 0 N–H and O–H groups in total. The molecule has 0 aliphatic carbocycles. The molecular formula is C17H12NO3-. The van der Waals surface area contributed by atoms with E-state index in [0.717, 1.165) is 16.8 Å². The fourth-order valence-corrected chi connectivity index (χ4v) is 2.42. The van der Waals surface area contributed by atoms with Crippen LogP contribution in [-0.2, 0) is 4.79 Å². The van der Waals surface area contributed by atoms with E-state index in [0.29, 0.717) is 5.57 Å². The largest absolute Gasteiger partial charge is 0.545 e. The maximum Gasteiger partial charge on any atom is 0.258 e. The molecule has 104 valence electrons. The number of carboxylic acid groups (broad SMARTS) is 1. The van der Waals surface area contributed by atoms with Crippen molar-refractivity contribution in [1.29, 1.82) is 0 Å². The second-order valence-electron chi connectivity index (χ2n) is 4.85. The van der Waals surface area contributed by atoms with E-state index in [-0.39, 0.29) is 11.5 Å². The molecule has 1 heterocycles. The van der Waals surface area contributed by atoms with Gasteiger partial charge in [0, 0.05) is 18.2 Å². The van der Waals surface area contributed by atoms with Gasteiger partial charge in [-0.3, -0.25) is 4.79 Å². The summed E-state index contributed by atoms with van der Waals surface area (Å²) in [5.74, 6) is -1.28. The molecule has 0 atom stereocenters. The summed E-state index contributed by atoms with van der Waals surface area (Å²) in [6, 6.07) is 13.8. The Morgan fingerprint density at radius 1 is 1.10 bits per heavy atom. The van der Waals surface area contributed by atoms with Crippen LogP contribution in [0.4, 0.5) is 5.69 Å². The van der Waals surface area contributed by atoms with Crippen molar-refractivity contribution in [3.8, 4) is 0 Å². The average molecular weight is 278 g/mol. The smallest absolute Gasteiger partial charge is 0.258 e. The molecule has 0 saturated carbocycles. The van der Waals surface area contributed by atoms with Crippen LogP contribution in [0, 0.1) is 0 Å². The zero-order valence-corrected chi connectivity index (χ0v) is 11.4. The molecule has 4 heteroatoms. The van der Waals surface area contributed by atoms with Crippen LogP contribution in [0.5, 0.6) is 0 Å². The first-order chi connectivity index (χ1) is 10.1. The van der Waals surface area contributed by atoms with Crippen molar-refractivity contribution in [1.82, 2.24) is 0 Å². The third-order valence-corrected chi connectivity index (χ3v) is 3.55. The summed E-state index contributed by atoms with van der Waals surface area (Å²) in [5, 5.41) is 10.7. The second kappa shape index (κ2) is 4.90. The first-order valence-electron chi connectivity index (χ1n) is 6.48. The summed E-state index contributed by atoms with van der Waals surface area (Å²) < 4.78 is 0. The predicted octanol–water partition coefficient (Wildman–Crippen LogP) is 1.57. The number of carbonyl (C=O) groups excluding carboxylic acids is 2. The van der Waals surface area contributed by atoms with Crippen molar-refractivity contribution in [2.45, 2.75) is 0 Å². The van der Waals surface area contributed by atoms with Gasteiger partial charge in [0.1, 0.15) is 0 Å². The van der Waals surface area contributed by atoms with E-state index in [1.807, 2.05) is 24.3 Å². The van der Waals surface area contributed by atoms with Gasteiger partial charge in [0.2, 0.25) is 0 Å². The number of carbonyl (C=O) groups is 2. The molecule has 0 unspecified atom stereocenters. The van der Waals surface area contributed by atoms with Crippen LogP contribution < -0.4 is 10.0 Å². The lowest BCUT2D eigenvalue weighted by Crippen LogP contribution is -2.21. The molecule has 1 amide bonds. The van der Waals surface area contributed by atoms with Crippen molar-refractivity contribution in [2.24, 2.45) is 0 Å². The summed E-state index contributed by atoms with van der Waals surface area (Å²) in [7, 11) is 1.74. The summed E-state index contributed by atoms with van der Waals surface area (Å²) in [5.41, 5.74) is 3.25. The van der Waals surface area contributed by atoms with E-state index < -0.39 is 5.97 Å². The maximum atomic E-state index is 12.3. The Hall–Kier alpha value is -2.88. The fraction of sp³-hybridized carbons (Fsp3) is 0.0588. The van der Waals surface area contributed by atoms with Crippen LogP contribution in [0.25, 0.3) is 11.6 Å². The molecule has 21 heavy (non-hydrogen) atoms. The molecule has 0 radical (unpaired) electrons. The highest BCUT2D eigenvalue weighted by molar-refractivity contribution is 6.35. The first-order valence-corrected chi connectivity index (χ1v) is 6.48. The lowest BCUT2D eigenvalue weighted by molar-refractivity contribution is -0.255. The highest BCUT2D eigenvalue weighted by atomic mass is 16.4. The van der Waals surface area contributed by atoms with Gasteiger partial charge in [-0.05, 0) is 23.3 Å².